The van der Waals surface area contributed by atoms with Gasteiger partial charge < -0.3 is 37.0 Å². The molecule has 11 nitrogen and oxygen atoms in total. The number of amides is 2. The molecule has 2 saturated carbocycles. The van der Waals surface area contributed by atoms with Gasteiger partial charge in [-0.1, -0.05) is 52.4 Å². The van der Waals surface area contributed by atoms with E-state index in [1.807, 2.05) is 6.92 Å². The molecule has 2 heterocycles. The Morgan fingerprint density at radius 3 is 1.96 bits per heavy atom. The highest BCUT2D eigenvalue weighted by atomic mass is 32.2. The van der Waals surface area contributed by atoms with Gasteiger partial charge in [0.25, 0.3) is 0 Å². The van der Waals surface area contributed by atoms with Gasteiger partial charge >= 0.3 is 5.97 Å². The largest absolute Gasteiger partial charge is 0.481 e. The number of carboxylic acids is 1. The molecule has 2 bridgehead atoms. The van der Waals surface area contributed by atoms with Crippen LogP contribution in [0.15, 0.2) is 17.0 Å². The van der Waals surface area contributed by atoms with Crippen molar-refractivity contribution in [2.24, 2.45) is 11.8 Å². The van der Waals surface area contributed by atoms with Gasteiger partial charge in [-0.05, 0) is 50.7 Å². The van der Waals surface area contributed by atoms with Crippen molar-refractivity contribution in [2.45, 2.75) is 133 Å². The summed E-state index contributed by atoms with van der Waals surface area (Å²) >= 11 is 1.48. The van der Waals surface area contributed by atoms with E-state index in [1.54, 1.807) is 6.92 Å². The summed E-state index contributed by atoms with van der Waals surface area (Å²) in [4.78, 5) is 42.9. The quantitative estimate of drug-likeness (QED) is 0.131. The first kappa shape index (κ1) is 36.6. The van der Waals surface area contributed by atoms with Crippen molar-refractivity contribution in [1.29, 1.82) is 0 Å². The number of fused-ring (bicyclic) bond motifs is 4. The first-order chi connectivity index (χ1) is 22.3. The molecule has 0 saturated heterocycles. The van der Waals surface area contributed by atoms with Crippen molar-refractivity contribution in [3.8, 4) is 0 Å². The van der Waals surface area contributed by atoms with Crippen LogP contribution in [-0.4, -0.2) is 77.6 Å². The Bertz CT molecular complexity index is 1080. The van der Waals surface area contributed by atoms with E-state index >= 15 is 0 Å². The lowest BCUT2D eigenvalue weighted by molar-refractivity contribution is -0.142. The Morgan fingerprint density at radius 2 is 1.43 bits per heavy atom. The molecule has 0 spiro atoms. The van der Waals surface area contributed by atoms with Crippen LogP contribution in [0.1, 0.15) is 102 Å². The molecule has 0 aromatic carbocycles. The Labute approximate surface area is 279 Å². The SMILES string of the molecule is CCCCC(CC(C)C(=O)O)C(=O)NCNC(=O)CSc1cc2nc(c1)CN[C@@H]1CCCC[C@H]1NCCN[C@@H]1CCCC[C@H]1NC2. The summed E-state index contributed by atoms with van der Waals surface area (Å²) in [5, 5.41) is 30.1. The third-order valence-corrected chi connectivity index (χ3v) is 10.7. The lowest BCUT2D eigenvalue weighted by Gasteiger charge is -2.34. The molecule has 1 aromatic heterocycles. The molecule has 2 fully saturated rings. The molecule has 258 valence electrons. The standard InChI is InChI=1S/C34H57N7O4S/c1-3-4-9-24(16-23(2)34(44)45)33(43)40-22-39-32(42)21-46-27-17-25-19-37-30-12-7-5-10-28(30)35-14-15-36-29-11-6-8-13-31(29)38-20-26(18-27)41-25/h17-18,23-24,28-31,35-38H,3-16,19-22H2,1-2H3,(H,39,42)(H,40,43)(H,44,45)/t23?,24?,28-,29-,30-,31-/m1/s1. The number of carboxylic acid groups (broad SMARTS) is 1. The molecular formula is C34H57N7O4S. The van der Waals surface area contributed by atoms with Gasteiger partial charge in [0.05, 0.1) is 29.7 Å². The zero-order valence-corrected chi connectivity index (χ0v) is 28.7. The summed E-state index contributed by atoms with van der Waals surface area (Å²) in [7, 11) is 0. The second-order valence-electron chi connectivity index (χ2n) is 13.4. The van der Waals surface area contributed by atoms with Crippen molar-refractivity contribution in [2.75, 3.05) is 25.5 Å². The van der Waals surface area contributed by atoms with Crippen LogP contribution < -0.4 is 31.9 Å². The van der Waals surface area contributed by atoms with Gasteiger partial charge in [-0.25, -0.2) is 0 Å². The van der Waals surface area contributed by atoms with Crippen molar-refractivity contribution in [1.82, 2.24) is 36.9 Å². The molecule has 2 aliphatic carbocycles. The molecule has 3 aliphatic rings. The van der Waals surface area contributed by atoms with Crippen LogP contribution in [0, 0.1) is 11.8 Å². The van der Waals surface area contributed by atoms with Crippen LogP contribution >= 0.6 is 11.8 Å². The molecule has 1 aromatic rings. The fourth-order valence-electron chi connectivity index (χ4n) is 7.02. The van der Waals surface area contributed by atoms with E-state index in [4.69, 9.17) is 4.98 Å². The van der Waals surface area contributed by atoms with Gasteiger partial charge in [0.15, 0.2) is 0 Å². The number of unbranched alkanes of at least 4 members (excludes halogenated alkanes) is 1. The molecule has 1 aliphatic heterocycles. The molecule has 4 rings (SSSR count). The summed E-state index contributed by atoms with van der Waals surface area (Å²) in [5.41, 5.74) is 1.97. The Hall–Kier alpha value is -2.25. The highest BCUT2D eigenvalue weighted by molar-refractivity contribution is 8.00. The van der Waals surface area contributed by atoms with Gasteiger partial charge in [0, 0.05) is 61.2 Å². The monoisotopic (exact) mass is 659 g/mol. The molecule has 7 N–H and O–H groups in total. The minimum absolute atomic E-state index is 0.0240. The number of rotatable bonds is 12. The first-order valence-electron chi connectivity index (χ1n) is 17.7. The van der Waals surface area contributed by atoms with Gasteiger partial charge in [-0.3, -0.25) is 19.4 Å². The van der Waals surface area contributed by atoms with Gasteiger partial charge in [0.1, 0.15) is 0 Å². The number of aliphatic carboxylic acids is 1. The van der Waals surface area contributed by atoms with Crippen molar-refractivity contribution in [3.05, 3.63) is 23.5 Å². The third-order valence-electron chi connectivity index (χ3n) is 9.72. The number of pyridine rings is 1. The number of nitrogens with zero attached hydrogens (tertiary/aromatic N) is 1. The lowest BCUT2D eigenvalue weighted by atomic mass is 9.89. The summed E-state index contributed by atoms with van der Waals surface area (Å²) in [5.74, 6) is -2.04. The molecule has 6 atom stereocenters. The molecule has 12 heteroatoms. The van der Waals surface area contributed by atoms with Crippen LogP contribution in [0.2, 0.25) is 0 Å². The Kier molecular flexibility index (Phi) is 15.5. The smallest absolute Gasteiger partial charge is 0.306 e. The number of carbonyl (C=O) groups excluding carboxylic acids is 2. The van der Waals surface area contributed by atoms with Crippen LogP contribution in [0.4, 0.5) is 0 Å². The van der Waals surface area contributed by atoms with E-state index in [0.717, 1.165) is 55.1 Å². The van der Waals surface area contributed by atoms with E-state index in [1.165, 1.54) is 50.3 Å². The fourth-order valence-corrected chi connectivity index (χ4v) is 7.86. The van der Waals surface area contributed by atoms with Crippen LogP contribution in [0.5, 0.6) is 0 Å². The van der Waals surface area contributed by atoms with E-state index < -0.39 is 11.9 Å². The van der Waals surface area contributed by atoms with Crippen molar-refractivity contribution in [3.63, 3.8) is 0 Å². The topological polar surface area (TPSA) is 157 Å². The number of aromatic nitrogens is 1. The van der Waals surface area contributed by atoms with E-state index in [-0.39, 0.29) is 36.6 Å². The number of hydrogen-bond donors (Lipinski definition) is 7. The van der Waals surface area contributed by atoms with Gasteiger partial charge in [0.2, 0.25) is 11.8 Å². The molecule has 2 unspecified atom stereocenters. The summed E-state index contributed by atoms with van der Waals surface area (Å²) in [6.45, 7) is 7.03. The average Bonchev–Trinajstić information content (AvgIpc) is 3.06. The maximum Gasteiger partial charge on any atom is 0.306 e. The highest BCUT2D eigenvalue weighted by Gasteiger charge is 2.27. The first-order valence-corrected chi connectivity index (χ1v) is 18.6. The van der Waals surface area contributed by atoms with Crippen LogP contribution in [0.25, 0.3) is 0 Å². The zero-order chi connectivity index (χ0) is 32.7. The van der Waals surface area contributed by atoms with Crippen LogP contribution in [-0.2, 0) is 27.5 Å². The number of nitrogens with one attached hydrogen (secondary N) is 6. The van der Waals surface area contributed by atoms with Crippen molar-refractivity contribution >= 4 is 29.5 Å². The Balaban J connectivity index is 1.34. The Morgan fingerprint density at radius 1 is 0.891 bits per heavy atom. The van der Waals surface area contributed by atoms with E-state index in [0.29, 0.717) is 43.7 Å². The number of hydrogen-bond acceptors (Lipinski definition) is 9. The number of thioether (sulfide) groups is 1. The minimum Gasteiger partial charge on any atom is -0.481 e. The van der Waals surface area contributed by atoms with Gasteiger partial charge in [-0.15, -0.1) is 11.8 Å². The summed E-state index contributed by atoms with van der Waals surface area (Å²) in [6, 6.07) is 5.93. The highest BCUT2D eigenvalue weighted by Crippen LogP contribution is 2.24. The van der Waals surface area contributed by atoms with Crippen molar-refractivity contribution < 1.29 is 19.5 Å². The zero-order valence-electron chi connectivity index (χ0n) is 27.9. The second-order valence-corrected chi connectivity index (χ2v) is 14.4. The maximum atomic E-state index is 12.8. The fraction of sp³-hybridized carbons (Fsp3) is 0.765. The van der Waals surface area contributed by atoms with Crippen LogP contribution in [0.3, 0.4) is 0 Å². The summed E-state index contributed by atoms with van der Waals surface area (Å²) < 4.78 is 0. The normalized spacial score (nSPS) is 25.4. The molecule has 2 amide bonds. The maximum absolute atomic E-state index is 12.8. The van der Waals surface area contributed by atoms with Gasteiger partial charge in [-0.2, -0.15) is 0 Å². The minimum atomic E-state index is -0.899. The third kappa shape index (κ3) is 12.1. The summed E-state index contributed by atoms with van der Waals surface area (Å²) in [6.07, 6.45) is 12.4. The average molecular weight is 660 g/mol. The number of carbonyl (C=O) groups is 3. The molecule has 46 heavy (non-hydrogen) atoms. The van der Waals surface area contributed by atoms with E-state index in [9.17, 15) is 19.5 Å². The molecular weight excluding hydrogens is 602 g/mol. The molecule has 0 radical (unpaired) electrons. The second kappa shape index (κ2) is 19.5. The predicted molar refractivity (Wildman–Crippen MR) is 182 cm³/mol. The lowest BCUT2D eigenvalue weighted by Crippen LogP contribution is -2.53. The van der Waals surface area contributed by atoms with E-state index in [2.05, 4.69) is 44.0 Å². The predicted octanol–water partition coefficient (Wildman–Crippen LogP) is 3.28.